The summed E-state index contributed by atoms with van der Waals surface area (Å²) in [5, 5.41) is 7.08. The van der Waals surface area contributed by atoms with E-state index in [9.17, 15) is 9.59 Å². The molecule has 10 heteroatoms. The number of rotatable bonds is 6. The predicted octanol–water partition coefficient (Wildman–Crippen LogP) is 1.37. The van der Waals surface area contributed by atoms with Crippen LogP contribution in [0.3, 0.4) is 0 Å². The van der Waals surface area contributed by atoms with Gasteiger partial charge in [0.2, 0.25) is 11.7 Å². The molecule has 0 radical (unpaired) electrons. The molecule has 4 rings (SSSR count). The van der Waals surface area contributed by atoms with E-state index in [1.165, 1.54) is 9.42 Å². The number of aryl methyl sites for hydroxylation is 1. The molecule has 0 saturated carbocycles. The lowest BCUT2D eigenvalue weighted by molar-refractivity contribution is -0.116. The second kappa shape index (κ2) is 9.09. The van der Waals surface area contributed by atoms with Crippen LogP contribution in [-0.4, -0.2) is 75.7 Å². The summed E-state index contributed by atoms with van der Waals surface area (Å²) < 4.78 is 6.89. The Labute approximate surface area is 179 Å². The summed E-state index contributed by atoms with van der Waals surface area (Å²) in [6.07, 6.45) is 1.61. The smallest absolute Gasteiger partial charge is 0.294 e. The van der Waals surface area contributed by atoms with Crippen LogP contribution in [0.5, 0.6) is 0 Å². The zero-order chi connectivity index (χ0) is 21.8. The van der Waals surface area contributed by atoms with Crippen LogP contribution in [0.2, 0.25) is 0 Å². The molecule has 0 spiro atoms. The number of nitrogens with zero attached hydrogens (tertiary/aromatic N) is 6. The zero-order valence-corrected chi connectivity index (χ0v) is 17.6. The third kappa shape index (κ3) is 4.64. The molecular weight excluding hydrogens is 398 g/mol. The first-order chi connectivity index (χ1) is 15.0. The van der Waals surface area contributed by atoms with Crippen molar-refractivity contribution >= 4 is 29.0 Å². The van der Waals surface area contributed by atoms with E-state index in [0.717, 1.165) is 37.7 Å². The van der Waals surface area contributed by atoms with Crippen molar-refractivity contribution in [1.82, 2.24) is 24.5 Å². The lowest BCUT2D eigenvalue weighted by atomic mass is 10.2. The predicted molar refractivity (Wildman–Crippen MR) is 115 cm³/mol. The first-order valence-electron chi connectivity index (χ1n) is 10.3. The van der Waals surface area contributed by atoms with Gasteiger partial charge in [-0.3, -0.25) is 9.59 Å². The molecule has 162 valence electrons. The normalized spacial score (nSPS) is 13.9. The summed E-state index contributed by atoms with van der Waals surface area (Å²) in [4.78, 5) is 37.3. The fourth-order valence-electron chi connectivity index (χ4n) is 3.42. The van der Waals surface area contributed by atoms with Gasteiger partial charge in [0.05, 0.1) is 13.2 Å². The van der Waals surface area contributed by atoms with Gasteiger partial charge in [-0.2, -0.15) is 4.98 Å². The molecule has 1 fully saturated rings. The van der Waals surface area contributed by atoms with Crippen molar-refractivity contribution < 1.29 is 14.3 Å². The Hall–Kier alpha value is -3.53. The molecule has 2 amide bonds. The highest BCUT2D eigenvalue weighted by atomic mass is 16.5. The standard InChI is InChI=1S/C21H25N7O3/c1-3-26(20(30)19-24-21-22-9-8-15(2)28(21)25-19)14-18(29)23-16-4-6-17(7-5-16)27-10-12-31-13-11-27/h4-9H,3,10-14H2,1-2H3,(H,23,29). The maximum absolute atomic E-state index is 12.8. The van der Waals surface area contributed by atoms with Crippen molar-refractivity contribution in [3.05, 3.63) is 48.0 Å². The van der Waals surface area contributed by atoms with E-state index in [0.29, 0.717) is 18.0 Å². The van der Waals surface area contributed by atoms with Gasteiger partial charge >= 0.3 is 0 Å². The number of carbonyl (C=O) groups is 2. The minimum Gasteiger partial charge on any atom is -0.378 e. The van der Waals surface area contributed by atoms with Gasteiger partial charge in [0.15, 0.2) is 0 Å². The van der Waals surface area contributed by atoms with E-state index >= 15 is 0 Å². The number of benzene rings is 1. The minimum absolute atomic E-state index is 0.0197. The van der Waals surface area contributed by atoms with Crippen LogP contribution in [0.15, 0.2) is 36.5 Å². The molecule has 0 unspecified atom stereocenters. The monoisotopic (exact) mass is 423 g/mol. The highest BCUT2D eigenvalue weighted by Gasteiger charge is 2.22. The summed E-state index contributed by atoms with van der Waals surface area (Å²) in [6, 6.07) is 9.45. The van der Waals surface area contributed by atoms with Gasteiger partial charge in [-0.25, -0.2) is 9.50 Å². The second-order valence-corrected chi connectivity index (χ2v) is 7.25. The largest absolute Gasteiger partial charge is 0.378 e. The van der Waals surface area contributed by atoms with Crippen LogP contribution in [0.4, 0.5) is 11.4 Å². The van der Waals surface area contributed by atoms with E-state index in [1.54, 1.807) is 12.3 Å². The molecular formula is C21H25N7O3. The fourth-order valence-corrected chi connectivity index (χ4v) is 3.42. The Morgan fingerprint density at radius 2 is 1.90 bits per heavy atom. The molecule has 1 aromatic carbocycles. The highest BCUT2D eigenvalue weighted by Crippen LogP contribution is 2.19. The van der Waals surface area contributed by atoms with Crippen LogP contribution in [0, 0.1) is 6.92 Å². The average Bonchev–Trinajstić information content (AvgIpc) is 3.24. The topological polar surface area (TPSA) is 105 Å². The molecule has 10 nitrogen and oxygen atoms in total. The van der Waals surface area contributed by atoms with Gasteiger partial charge in [-0.15, -0.1) is 5.10 Å². The number of hydrogen-bond donors (Lipinski definition) is 1. The number of morpholine rings is 1. The van der Waals surface area contributed by atoms with Crippen LogP contribution in [-0.2, 0) is 9.53 Å². The lowest BCUT2D eigenvalue weighted by Gasteiger charge is -2.29. The number of carbonyl (C=O) groups excluding carboxylic acids is 2. The molecule has 1 aliphatic rings. The van der Waals surface area contributed by atoms with Crippen LogP contribution in [0.25, 0.3) is 5.78 Å². The van der Waals surface area contributed by atoms with E-state index < -0.39 is 5.91 Å². The summed E-state index contributed by atoms with van der Waals surface area (Å²) in [5.74, 6) is -0.326. The van der Waals surface area contributed by atoms with E-state index in [-0.39, 0.29) is 18.3 Å². The average molecular weight is 423 g/mol. The zero-order valence-electron chi connectivity index (χ0n) is 17.6. The Bertz CT molecular complexity index is 1070. The van der Waals surface area contributed by atoms with Crippen molar-refractivity contribution in [2.24, 2.45) is 0 Å². The molecule has 2 aromatic heterocycles. The Morgan fingerprint density at radius 3 is 2.58 bits per heavy atom. The highest BCUT2D eigenvalue weighted by molar-refractivity contribution is 5.97. The Balaban J connectivity index is 1.39. The van der Waals surface area contributed by atoms with Crippen molar-refractivity contribution in [2.45, 2.75) is 13.8 Å². The first-order valence-corrected chi connectivity index (χ1v) is 10.3. The number of ether oxygens (including phenoxy) is 1. The van der Waals surface area contributed by atoms with Crippen molar-refractivity contribution in [3.8, 4) is 0 Å². The van der Waals surface area contributed by atoms with Gasteiger partial charge in [-0.1, -0.05) is 0 Å². The maximum Gasteiger partial charge on any atom is 0.294 e. The van der Waals surface area contributed by atoms with E-state index in [4.69, 9.17) is 4.74 Å². The number of hydrogen-bond acceptors (Lipinski definition) is 7. The molecule has 3 aromatic rings. The molecule has 3 heterocycles. The van der Waals surface area contributed by atoms with Gasteiger partial charge in [0.25, 0.3) is 11.7 Å². The number of nitrogens with one attached hydrogen (secondary N) is 1. The van der Waals surface area contributed by atoms with Gasteiger partial charge in [-0.05, 0) is 44.2 Å². The SMILES string of the molecule is CCN(CC(=O)Nc1ccc(N2CCOCC2)cc1)C(=O)c1nc2nccc(C)n2n1. The van der Waals surface area contributed by atoms with E-state index in [1.807, 2.05) is 38.1 Å². The van der Waals surface area contributed by atoms with Crippen molar-refractivity contribution in [3.63, 3.8) is 0 Å². The first kappa shape index (κ1) is 20.7. The van der Waals surface area contributed by atoms with Crippen LogP contribution >= 0.6 is 0 Å². The van der Waals surface area contributed by atoms with Crippen LogP contribution in [0.1, 0.15) is 23.2 Å². The number of anilines is 2. The molecule has 0 atom stereocenters. The van der Waals surface area contributed by atoms with E-state index in [2.05, 4.69) is 25.3 Å². The van der Waals surface area contributed by atoms with Gasteiger partial charge in [0.1, 0.15) is 6.54 Å². The molecule has 1 aliphatic heterocycles. The lowest BCUT2D eigenvalue weighted by Crippen LogP contribution is -2.38. The number of likely N-dealkylation sites (N-methyl/N-ethyl adjacent to an activating group) is 1. The number of aromatic nitrogens is 4. The van der Waals surface area contributed by atoms with Crippen molar-refractivity contribution in [1.29, 1.82) is 0 Å². The molecule has 0 aliphatic carbocycles. The third-order valence-corrected chi connectivity index (χ3v) is 5.15. The van der Waals surface area contributed by atoms with Crippen LogP contribution < -0.4 is 10.2 Å². The fraction of sp³-hybridized carbons (Fsp3) is 0.381. The summed E-state index contributed by atoms with van der Waals surface area (Å²) in [5.41, 5.74) is 2.59. The molecule has 1 N–H and O–H groups in total. The molecule has 0 bridgehead atoms. The third-order valence-electron chi connectivity index (χ3n) is 5.15. The molecule has 31 heavy (non-hydrogen) atoms. The second-order valence-electron chi connectivity index (χ2n) is 7.25. The van der Waals surface area contributed by atoms with Gasteiger partial charge in [0, 0.05) is 42.9 Å². The number of fused-ring (bicyclic) bond motifs is 1. The Kier molecular flexibility index (Phi) is 6.08. The summed E-state index contributed by atoms with van der Waals surface area (Å²) in [6.45, 7) is 7.06. The minimum atomic E-state index is -0.412. The Morgan fingerprint density at radius 1 is 1.16 bits per heavy atom. The van der Waals surface area contributed by atoms with Gasteiger partial charge < -0.3 is 19.9 Å². The summed E-state index contributed by atoms with van der Waals surface area (Å²) in [7, 11) is 0. The molecule has 1 saturated heterocycles. The number of amides is 2. The summed E-state index contributed by atoms with van der Waals surface area (Å²) >= 11 is 0. The van der Waals surface area contributed by atoms with Crippen molar-refractivity contribution in [2.75, 3.05) is 49.6 Å². The maximum atomic E-state index is 12.8. The quantitative estimate of drug-likeness (QED) is 0.638.